The largest absolute Gasteiger partial charge is 0.508 e. The molecule has 0 spiro atoms. The van der Waals surface area contributed by atoms with Gasteiger partial charge in [-0.2, -0.15) is 0 Å². The van der Waals surface area contributed by atoms with E-state index in [1.807, 2.05) is 36.4 Å². The standard InChI is InChI=1S/C21H28O2/c1-2-3-4-5-6-7-12-17(18-13-8-10-15-20(18)22)19-14-9-11-16-21(19)23/h8-11,13-17,22-23H,2-7,12H2,1H3. The van der Waals surface area contributed by atoms with Gasteiger partial charge in [-0.1, -0.05) is 81.8 Å². The third-order valence-electron chi connectivity index (χ3n) is 4.47. The Bertz CT molecular complexity index is 546. The Morgan fingerprint density at radius 3 is 1.70 bits per heavy atom. The summed E-state index contributed by atoms with van der Waals surface area (Å²) in [6, 6.07) is 14.9. The second-order valence-electron chi connectivity index (χ2n) is 6.23. The minimum Gasteiger partial charge on any atom is -0.508 e. The van der Waals surface area contributed by atoms with Gasteiger partial charge < -0.3 is 10.2 Å². The molecule has 2 heteroatoms. The van der Waals surface area contributed by atoms with E-state index in [0.717, 1.165) is 24.0 Å². The summed E-state index contributed by atoms with van der Waals surface area (Å²) >= 11 is 0. The van der Waals surface area contributed by atoms with Crippen LogP contribution in [0.3, 0.4) is 0 Å². The van der Waals surface area contributed by atoms with Crippen LogP contribution in [-0.4, -0.2) is 10.2 Å². The average Bonchev–Trinajstić information content (AvgIpc) is 2.56. The summed E-state index contributed by atoms with van der Waals surface area (Å²) in [5, 5.41) is 20.4. The fourth-order valence-electron chi connectivity index (χ4n) is 3.17. The molecule has 0 saturated heterocycles. The quantitative estimate of drug-likeness (QED) is 0.559. The van der Waals surface area contributed by atoms with Crippen LogP contribution in [0.1, 0.15) is 68.9 Å². The topological polar surface area (TPSA) is 40.5 Å². The molecule has 2 aromatic rings. The Morgan fingerprint density at radius 1 is 0.696 bits per heavy atom. The molecular weight excluding hydrogens is 284 g/mol. The van der Waals surface area contributed by atoms with Crippen molar-refractivity contribution in [2.24, 2.45) is 0 Å². The van der Waals surface area contributed by atoms with E-state index < -0.39 is 0 Å². The SMILES string of the molecule is CCCCCCCCC(c1ccccc1O)c1ccccc1O. The molecule has 0 radical (unpaired) electrons. The highest BCUT2D eigenvalue weighted by Gasteiger charge is 2.19. The van der Waals surface area contributed by atoms with Crippen molar-refractivity contribution < 1.29 is 10.2 Å². The summed E-state index contributed by atoms with van der Waals surface area (Å²) in [4.78, 5) is 0. The highest BCUT2D eigenvalue weighted by Crippen LogP contribution is 2.38. The van der Waals surface area contributed by atoms with E-state index in [0.29, 0.717) is 11.5 Å². The fraction of sp³-hybridized carbons (Fsp3) is 0.429. The van der Waals surface area contributed by atoms with E-state index in [1.54, 1.807) is 12.1 Å². The van der Waals surface area contributed by atoms with Crippen molar-refractivity contribution in [2.45, 2.75) is 57.8 Å². The van der Waals surface area contributed by atoms with Crippen LogP contribution in [0.2, 0.25) is 0 Å². The molecule has 0 bridgehead atoms. The molecule has 0 aliphatic rings. The minimum atomic E-state index is 0.0450. The Labute approximate surface area is 139 Å². The maximum Gasteiger partial charge on any atom is 0.119 e. The predicted octanol–water partition coefficient (Wildman–Crippen LogP) is 5.98. The molecular formula is C21H28O2. The Morgan fingerprint density at radius 2 is 1.17 bits per heavy atom. The van der Waals surface area contributed by atoms with Gasteiger partial charge in [-0.3, -0.25) is 0 Å². The number of rotatable bonds is 9. The molecule has 2 aromatic carbocycles. The third-order valence-corrected chi connectivity index (χ3v) is 4.47. The van der Waals surface area contributed by atoms with Gasteiger partial charge in [-0.05, 0) is 18.6 Å². The lowest BCUT2D eigenvalue weighted by atomic mass is 9.85. The summed E-state index contributed by atoms with van der Waals surface area (Å²) in [5.41, 5.74) is 1.81. The lowest BCUT2D eigenvalue weighted by Crippen LogP contribution is -2.02. The number of benzene rings is 2. The molecule has 0 saturated carbocycles. The highest BCUT2D eigenvalue weighted by atomic mass is 16.3. The normalized spacial score (nSPS) is 11.0. The van der Waals surface area contributed by atoms with Crippen LogP contribution in [0.4, 0.5) is 0 Å². The second-order valence-corrected chi connectivity index (χ2v) is 6.23. The van der Waals surface area contributed by atoms with Crippen LogP contribution >= 0.6 is 0 Å². The highest BCUT2D eigenvalue weighted by molar-refractivity contribution is 5.45. The average molecular weight is 312 g/mol. The Kier molecular flexibility index (Phi) is 6.99. The van der Waals surface area contributed by atoms with Crippen molar-refractivity contribution in [1.82, 2.24) is 0 Å². The summed E-state index contributed by atoms with van der Waals surface area (Å²) in [6.45, 7) is 2.23. The van der Waals surface area contributed by atoms with E-state index >= 15 is 0 Å². The molecule has 0 unspecified atom stereocenters. The van der Waals surface area contributed by atoms with Crippen molar-refractivity contribution in [3.63, 3.8) is 0 Å². The summed E-state index contributed by atoms with van der Waals surface area (Å²) in [5.74, 6) is 0.669. The molecule has 0 heterocycles. The Hall–Kier alpha value is -1.96. The van der Waals surface area contributed by atoms with Gasteiger partial charge in [0, 0.05) is 17.0 Å². The van der Waals surface area contributed by atoms with Crippen molar-refractivity contribution in [1.29, 1.82) is 0 Å². The minimum absolute atomic E-state index is 0.0450. The van der Waals surface area contributed by atoms with Crippen LogP contribution in [0.25, 0.3) is 0 Å². The molecule has 23 heavy (non-hydrogen) atoms. The smallest absolute Gasteiger partial charge is 0.119 e. The molecule has 2 nitrogen and oxygen atoms in total. The van der Waals surface area contributed by atoms with Gasteiger partial charge in [0.2, 0.25) is 0 Å². The van der Waals surface area contributed by atoms with Crippen molar-refractivity contribution in [2.75, 3.05) is 0 Å². The van der Waals surface area contributed by atoms with Crippen LogP contribution in [0.5, 0.6) is 11.5 Å². The van der Waals surface area contributed by atoms with Gasteiger partial charge >= 0.3 is 0 Å². The zero-order valence-electron chi connectivity index (χ0n) is 14.0. The number of hydrogen-bond acceptors (Lipinski definition) is 2. The van der Waals surface area contributed by atoms with Crippen LogP contribution in [-0.2, 0) is 0 Å². The van der Waals surface area contributed by atoms with Gasteiger partial charge in [-0.25, -0.2) is 0 Å². The summed E-state index contributed by atoms with van der Waals surface area (Å²) in [7, 11) is 0. The van der Waals surface area contributed by atoms with Crippen LogP contribution in [0.15, 0.2) is 48.5 Å². The van der Waals surface area contributed by atoms with Crippen molar-refractivity contribution in [3.8, 4) is 11.5 Å². The van der Waals surface area contributed by atoms with Gasteiger partial charge in [-0.15, -0.1) is 0 Å². The first-order valence-electron chi connectivity index (χ1n) is 8.79. The van der Waals surface area contributed by atoms with Crippen molar-refractivity contribution in [3.05, 3.63) is 59.7 Å². The zero-order valence-corrected chi connectivity index (χ0v) is 14.0. The lowest BCUT2D eigenvalue weighted by Gasteiger charge is -2.20. The summed E-state index contributed by atoms with van der Waals surface area (Å²) < 4.78 is 0. The van der Waals surface area contributed by atoms with Crippen LogP contribution < -0.4 is 0 Å². The molecule has 0 atom stereocenters. The molecule has 0 aromatic heterocycles. The first-order valence-corrected chi connectivity index (χ1v) is 8.79. The molecule has 0 fully saturated rings. The monoisotopic (exact) mass is 312 g/mol. The lowest BCUT2D eigenvalue weighted by molar-refractivity contribution is 0.447. The number of phenolic OH excluding ortho intramolecular Hbond substituents is 2. The first kappa shape index (κ1) is 17.4. The number of para-hydroxylation sites is 2. The van der Waals surface area contributed by atoms with E-state index in [-0.39, 0.29) is 5.92 Å². The van der Waals surface area contributed by atoms with Crippen LogP contribution in [0, 0.1) is 0 Å². The van der Waals surface area contributed by atoms with E-state index in [4.69, 9.17) is 0 Å². The summed E-state index contributed by atoms with van der Waals surface area (Å²) in [6.07, 6.45) is 8.40. The van der Waals surface area contributed by atoms with E-state index in [1.165, 1.54) is 32.1 Å². The predicted molar refractivity (Wildman–Crippen MR) is 96.0 cm³/mol. The maximum absolute atomic E-state index is 10.2. The molecule has 0 aliphatic carbocycles. The van der Waals surface area contributed by atoms with Gasteiger partial charge in [0.1, 0.15) is 11.5 Å². The van der Waals surface area contributed by atoms with E-state index in [9.17, 15) is 10.2 Å². The van der Waals surface area contributed by atoms with Gasteiger partial charge in [0.15, 0.2) is 0 Å². The number of unbranched alkanes of at least 4 members (excludes halogenated alkanes) is 5. The number of aromatic hydroxyl groups is 2. The fourth-order valence-corrected chi connectivity index (χ4v) is 3.17. The molecule has 2 rings (SSSR count). The van der Waals surface area contributed by atoms with Gasteiger partial charge in [0.05, 0.1) is 0 Å². The van der Waals surface area contributed by atoms with E-state index in [2.05, 4.69) is 6.92 Å². The number of hydrogen-bond donors (Lipinski definition) is 2. The second kappa shape index (κ2) is 9.24. The third kappa shape index (κ3) is 5.02. The number of phenols is 2. The zero-order chi connectivity index (χ0) is 16.5. The molecule has 0 aliphatic heterocycles. The molecule has 124 valence electrons. The molecule has 0 amide bonds. The maximum atomic E-state index is 10.2. The molecule has 2 N–H and O–H groups in total. The van der Waals surface area contributed by atoms with Gasteiger partial charge in [0.25, 0.3) is 0 Å². The van der Waals surface area contributed by atoms with Crippen molar-refractivity contribution >= 4 is 0 Å². The Balaban J connectivity index is 2.10. The first-order chi connectivity index (χ1) is 11.2.